The predicted molar refractivity (Wildman–Crippen MR) is 65.8 cm³/mol. The van der Waals surface area contributed by atoms with E-state index in [0.717, 1.165) is 24.0 Å². The van der Waals surface area contributed by atoms with Gasteiger partial charge in [-0.3, -0.25) is 9.58 Å². The van der Waals surface area contributed by atoms with E-state index in [1.165, 1.54) is 0 Å². The molecule has 2 aliphatic rings. The predicted octanol–water partition coefficient (Wildman–Crippen LogP) is 0.654. The number of aliphatic hydroxyl groups is 1. The Labute approximate surface area is 108 Å². The van der Waals surface area contributed by atoms with E-state index in [2.05, 4.69) is 25.9 Å². The van der Waals surface area contributed by atoms with Gasteiger partial charge in [0.05, 0.1) is 23.3 Å². The summed E-state index contributed by atoms with van der Waals surface area (Å²) < 4.78 is 8.24. The average Bonchev–Trinajstić information content (AvgIpc) is 2.81. The summed E-state index contributed by atoms with van der Waals surface area (Å²) in [6.07, 6.45) is 4.55. The minimum Gasteiger partial charge on any atom is -0.386 e. The summed E-state index contributed by atoms with van der Waals surface area (Å²) in [5.41, 5.74) is -0.629. The third kappa shape index (κ3) is 2.40. The lowest BCUT2D eigenvalue weighted by atomic mass is 9.99. The second-order valence-corrected chi connectivity index (χ2v) is 5.93. The first-order valence-electron chi connectivity index (χ1n) is 5.87. The van der Waals surface area contributed by atoms with Gasteiger partial charge in [0.25, 0.3) is 0 Å². The number of β-amino-alcohol motifs (C(OH)–C–C–N with tert-alkyl or cyclic N) is 1. The van der Waals surface area contributed by atoms with Gasteiger partial charge in [-0.05, 0) is 15.9 Å². The van der Waals surface area contributed by atoms with Gasteiger partial charge >= 0.3 is 0 Å². The minimum absolute atomic E-state index is 0.437. The highest BCUT2D eigenvalue weighted by Crippen LogP contribution is 2.27. The van der Waals surface area contributed by atoms with E-state index in [4.69, 9.17) is 4.74 Å². The molecule has 17 heavy (non-hydrogen) atoms. The molecule has 2 fully saturated rings. The van der Waals surface area contributed by atoms with Crippen LogP contribution in [-0.2, 0) is 4.74 Å². The van der Waals surface area contributed by atoms with Crippen molar-refractivity contribution in [2.75, 3.05) is 32.8 Å². The summed E-state index contributed by atoms with van der Waals surface area (Å²) in [7, 11) is 0. The largest absolute Gasteiger partial charge is 0.386 e. The zero-order valence-electron chi connectivity index (χ0n) is 9.55. The summed E-state index contributed by atoms with van der Waals surface area (Å²) >= 11 is 3.39. The third-order valence-electron chi connectivity index (χ3n) is 3.48. The molecular formula is C11H16BrN3O2. The fraction of sp³-hybridized carbons (Fsp3) is 0.727. The van der Waals surface area contributed by atoms with Crippen LogP contribution >= 0.6 is 15.9 Å². The fourth-order valence-electron chi connectivity index (χ4n) is 2.49. The van der Waals surface area contributed by atoms with Gasteiger partial charge in [-0.2, -0.15) is 5.10 Å². The van der Waals surface area contributed by atoms with Gasteiger partial charge in [-0.25, -0.2) is 0 Å². The van der Waals surface area contributed by atoms with Crippen LogP contribution in [0.1, 0.15) is 12.5 Å². The molecule has 1 aromatic heterocycles. The minimum atomic E-state index is -0.629. The van der Waals surface area contributed by atoms with E-state index in [9.17, 15) is 5.11 Å². The lowest BCUT2D eigenvalue weighted by Crippen LogP contribution is -2.54. The molecule has 0 radical (unpaired) electrons. The van der Waals surface area contributed by atoms with Gasteiger partial charge in [0, 0.05) is 38.9 Å². The van der Waals surface area contributed by atoms with E-state index in [1.807, 2.05) is 10.9 Å². The van der Waals surface area contributed by atoms with Crippen LogP contribution in [0.15, 0.2) is 16.9 Å². The lowest BCUT2D eigenvalue weighted by Gasteiger charge is -2.42. The van der Waals surface area contributed by atoms with Gasteiger partial charge in [-0.15, -0.1) is 0 Å². The molecule has 0 aromatic carbocycles. The number of ether oxygens (including phenoxy) is 1. The number of hydrogen-bond donors (Lipinski definition) is 1. The number of likely N-dealkylation sites (tertiary alicyclic amines) is 1. The molecule has 2 saturated heterocycles. The first-order valence-corrected chi connectivity index (χ1v) is 6.66. The van der Waals surface area contributed by atoms with Crippen LogP contribution < -0.4 is 0 Å². The van der Waals surface area contributed by atoms with Crippen molar-refractivity contribution in [1.82, 2.24) is 14.7 Å². The molecule has 0 saturated carbocycles. The van der Waals surface area contributed by atoms with Gasteiger partial charge in [0.15, 0.2) is 0 Å². The van der Waals surface area contributed by atoms with E-state index in [1.54, 1.807) is 6.20 Å². The monoisotopic (exact) mass is 301 g/mol. The Morgan fingerprint density at radius 2 is 2.41 bits per heavy atom. The van der Waals surface area contributed by atoms with Crippen molar-refractivity contribution in [2.45, 2.75) is 18.1 Å². The highest BCUT2D eigenvalue weighted by Gasteiger charge is 2.38. The molecule has 5 nitrogen and oxygen atoms in total. The summed E-state index contributed by atoms with van der Waals surface area (Å²) in [4.78, 5) is 2.26. The maximum Gasteiger partial charge on any atom is 0.103 e. The van der Waals surface area contributed by atoms with Crippen LogP contribution in [-0.4, -0.2) is 58.2 Å². The van der Waals surface area contributed by atoms with E-state index < -0.39 is 5.60 Å². The number of aromatic nitrogens is 2. The molecule has 0 spiro atoms. The summed E-state index contributed by atoms with van der Waals surface area (Å²) in [5.74, 6) is 0. The van der Waals surface area contributed by atoms with E-state index >= 15 is 0 Å². The topological polar surface area (TPSA) is 50.5 Å². The number of hydrogen-bond acceptors (Lipinski definition) is 4. The Bertz CT molecular complexity index is 397. The summed E-state index contributed by atoms with van der Waals surface area (Å²) in [6.45, 7) is 3.78. The van der Waals surface area contributed by atoms with Gasteiger partial charge in [0.1, 0.15) is 5.60 Å². The lowest BCUT2D eigenvalue weighted by molar-refractivity contribution is -0.0339. The standard InChI is InChI=1S/C11H16BrN3O2/c12-9-3-13-15(4-9)10-5-14(6-10)7-11(16)1-2-17-8-11/h3-4,10,16H,1-2,5-8H2. The fourth-order valence-corrected chi connectivity index (χ4v) is 2.79. The van der Waals surface area contributed by atoms with Crippen LogP contribution in [0, 0.1) is 0 Å². The number of nitrogens with zero attached hydrogens (tertiary/aromatic N) is 3. The van der Waals surface area contributed by atoms with Crippen LogP contribution in [0.4, 0.5) is 0 Å². The molecule has 2 aliphatic heterocycles. The van der Waals surface area contributed by atoms with Crippen LogP contribution in [0.25, 0.3) is 0 Å². The van der Waals surface area contributed by atoms with Crippen LogP contribution in [0.2, 0.25) is 0 Å². The quantitative estimate of drug-likeness (QED) is 0.891. The highest BCUT2D eigenvalue weighted by molar-refractivity contribution is 9.10. The van der Waals surface area contributed by atoms with Crippen molar-refractivity contribution < 1.29 is 9.84 Å². The third-order valence-corrected chi connectivity index (χ3v) is 3.89. The van der Waals surface area contributed by atoms with Gasteiger partial charge < -0.3 is 9.84 Å². The number of halogens is 1. The molecule has 6 heteroatoms. The van der Waals surface area contributed by atoms with Gasteiger partial charge in [0.2, 0.25) is 0 Å². The highest BCUT2D eigenvalue weighted by atomic mass is 79.9. The van der Waals surface area contributed by atoms with Crippen molar-refractivity contribution in [3.63, 3.8) is 0 Å². The zero-order chi connectivity index (χ0) is 11.9. The van der Waals surface area contributed by atoms with Crippen molar-refractivity contribution in [3.8, 4) is 0 Å². The Balaban J connectivity index is 1.51. The van der Waals surface area contributed by atoms with E-state index in [0.29, 0.717) is 25.8 Å². The van der Waals surface area contributed by atoms with E-state index in [-0.39, 0.29) is 0 Å². The molecule has 0 aliphatic carbocycles. The maximum atomic E-state index is 10.2. The Morgan fingerprint density at radius 3 is 3.00 bits per heavy atom. The Morgan fingerprint density at radius 1 is 1.59 bits per heavy atom. The molecule has 1 aromatic rings. The molecule has 1 unspecified atom stereocenters. The smallest absolute Gasteiger partial charge is 0.103 e. The molecule has 3 rings (SSSR count). The first-order chi connectivity index (χ1) is 8.15. The Hall–Kier alpha value is -0.430. The normalized spacial score (nSPS) is 30.7. The molecule has 1 atom stereocenters. The Kier molecular flexibility index (Phi) is 2.98. The first kappa shape index (κ1) is 11.6. The molecular weight excluding hydrogens is 286 g/mol. The van der Waals surface area contributed by atoms with Crippen molar-refractivity contribution in [1.29, 1.82) is 0 Å². The van der Waals surface area contributed by atoms with Crippen molar-refractivity contribution >= 4 is 15.9 Å². The van der Waals surface area contributed by atoms with Crippen LogP contribution in [0.5, 0.6) is 0 Å². The summed E-state index contributed by atoms with van der Waals surface area (Å²) in [6, 6.07) is 0.437. The maximum absolute atomic E-state index is 10.2. The van der Waals surface area contributed by atoms with Gasteiger partial charge in [-0.1, -0.05) is 0 Å². The van der Waals surface area contributed by atoms with Crippen LogP contribution in [0.3, 0.4) is 0 Å². The molecule has 1 N–H and O–H groups in total. The zero-order valence-corrected chi connectivity index (χ0v) is 11.1. The second-order valence-electron chi connectivity index (χ2n) is 5.01. The van der Waals surface area contributed by atoms with Crippen molar-refractivity contribution in [3.05, 3.63) is 16.9 Å². The van der Waals surface area contributed by atoms with Crippen molar-refractivity contribution in [2.24, 2.45) is 0 Å². The summed E-state index contributed by atoms with van der Waals surface area (Å²) in [5, 5.41) is 14.5. The average molecular weight is 302 g/mol. The second kappa shape index (κ2) is 4.35. The molecule has 94 valence electrons. The number of rotatable bonds is 3. The molecule has 3 heterocycles. The SMILES string of the molecule is OC1(CN2CC(n3cc(Br)cn3)C2)CCOC1. The molecule has 0 bridgehead atoms. The molecule has 0 amide bonds.